The summed E-state index contributed by atoms with van der Waals surface area (Å²) in [7, 11) is 0. The fourth-order valence-electron chi connectivity index (χ4n) is 0.823. The molecule has 5 heteroatoms. The van der Waals surface area contributed by atoms with E-state index in [1.54, 1.807) is 11.4 Å². The molecule has 0 spiro atoms. The maximum atomic E-state index is 9.48. The van der Waals surface area contributed by atoms with E-state index in [-0.39, 0.29) is 5.75 Å². The van der Waals surface area contributed by atoms with Crippen LogP contribution in [0.4, 0.5) is 0 Å². The predicted molar refractivity (Wildman–Crippen MR) is 54.1 cm³/mol. The first-order valence-electron chi connectivity index (χ1n) is 3.36. The van der Waals surface area contributed by atoms with Gasteiger partial charge in [-0.15, -0.1) is 11.3 Å². The molecule has 0 saturated heterocycles. The molecular formula is C7H9ClO2S2. The second-order valence-electron chi connectivity index (χ2n) is 2.34. The number of aliphatic hydroxyl groups excluding tert-OH is 2. The average Bonchev–Trinajstić information content (AvgIpc) is 2.48. The highest BCUT2D eigenvalue weighted by Gasteiger charge is 2.19. The van der Waals surface area contributed by atoms with Gasteiger partial charge in [0, 0.05) is 11.3 Å². The summed E-state index contributed by atoms with van der Waals surface area (Å²) in [6.07, 6.45) is -1.79. The number of rotatable bonds is 3. The Balaban J connectivity index is 2.77. The van der Waals surface area contributed by atoms with Gasteiger partial charge in [0.05, 0.1) is 10.4 Å². The van der Waals surface area contributed by atoms with Crippen LogP contribution in [0.5, 0.6) is 0 Å². The normalized spacial score (nSPS) is 16.0. The molecule has 2 atom stereocenters. The van der Waals surface area contributed by atoms with Crippen molar-refractivity contribution >= 4 is 35.6 Å². The van der Waals surface area contributed by atoms with Gasteiger partial charge in [-0.1, -0.05) is 11.6 Å². The van der Waals surface area contributed by atoms with Crippen molar-refractivity contribution in [2.24, 2.45) is 0 Å². The van der Waals surface area contributed by atoms with Crippen LogP contribution >= 0.6 is 35.6 Å². The largest absolute Gasteiger partial charge is 0.389 e. The highest BCUT2D eigenvalue weighted by Crippen LogP contribution is 2.30. The van der Waals surface area contributed by atoms with Crippen LogP contribution in [-0.4, -0.2) is 22.1 Å². The van der Waals surface area contributed by atoms with Crippen LogP contribution in [0.25, 0.3) is 0 Å². The Morgan fingerprint density at radius 1 is 1.58 bits per heavy atom. The zero-order chi connectivity index (χ0) is 9.14. The van der Waals surface area contributed by atoms with Crippen molar-refractivity contribution in [2.75, 3.05) is 5.75 Å². The smallest absolute Gasteiger partial charge is 0.108 e. The lowest BCUT2D eigenvalue weighted by Gasteiger charge is -2.14. The minimum absolute atomic E-state index is 0.216. The Bertz CT molecular complexity index is 251. The molecule has 1 aromatic rings. The minimum atomic E-state index is -0.929. The number of thiol groups is 1. The molecule has 0 fully saturated rings. The van der Waals surface area contributed by atoms with Gasteiger partial charge in [-0.05, 0) is 11.4 Å². The Morgan fingerprint density at radius 2 is 2.25 bits per heavy atom. The molecule has 0 bridgehead atoms. The molecule has 1 heterocycles. The zero-order valence-corrected chi connectivity index (χ0v) is 8.61. The van der Waals surface area contributed by atoms with E-state index in [1.807, 2.05) is 0 Å². The van der Waals surface area contributed by atoms with E-state index in [0.29, 0.717) is 9.90 Å². The number of halogens is 1. The fourth-order valence-corrected chi connectivity index (χ4v) is 2.01. The van der Waals surface area contributed by atoms with E-state index >= 15 is 0 Å². The van der Waals surface area contributed by atoms with Crippen molar-refractivity contribution in [3.8, 4) is 0 Å². The zero-order valence-electron chi connectivity index (χ0n) is 6.14. The average molecular weight is 225 g/mol. The molecule has 0 radical (unpaired) electrons. The van der Waals surface area contributed by atoms with Gasteiger partial charge in [0.2, 0.25) is 0 Å². The monoisotopic (exact) mass is 224 g/mol. The molecule has 0 saturated carbocycles. The molecule has 0 aliphatic rings. The van der Waals surface area contributed by atoms with Crippen LogP contribution in [0, 0.1) is 0 Å². The summed E-state index contributed by atoms with van der Waals surface area (Å²) in [5.41, 5.74) is 0.572. The van der Waals surface area contributed by atoms with Gasteiger partial charge in [-0.25, -0.2) is 0 Å². The van der Waals surface area contributed by atoms with Crippen LogP contribution in [0.15, 0.2) is 11.4 Å². The summed E-state index contributed by atoms with van der Waals surface area (Å²) in [6, 6.07) is 1.70. The molecule has 0 amide bonds. The molecule has 0 aromatic carbocycles. The second kappa shape index (κ2) is 4.48. The molecule has 68 valence electrons. The first-order valence-corrected chi connectivity index (χ1v) is 5.25. The van der Waals surface area contributed by atoms with Gasteiger partial charge >= 0.3 is 0 Å². The predicted octanol–water partition coefficient (Wildman–Crippen LogP) is 1.73. The highest BCUT2D eigenvalue weighted by molar-refractivity contribution is 7.80. The Labute approximate surface area is 85.2 Å². The van der Waals surface area contributed by atoms with Crippen molar-refractivity contribution < 1.29 is 10.2 Å². The molecule has 2 unspecified atom stereocenters. The summed E-state index contributed by atoms with van der Waals surface area (Å²) in [5.74, 6) is 0.216. The van der Waals surface area contributed by atoms with Gasteiger partial charge < -0.3 is 10.2 Å². The third-order valence-corrected chi connectivity index (χ3v) is 3.09. The first kappa shape index (κ1) is 10.3. The van der Waals surface area contributed by atoms with E-state index in [9.17, 15) is 10.2 Å². The van der Waals surface area contributed by atoms with Crippen molar-refractivity contribution in [1.29, 1.82) is 0 Å². The lowest BCUT2D eigenvalue weighted by atomic mass is 10.1. The van der Waals surface area contributed by atoms with Gasteiger partial charge in [-0.2, -0.15) is 12.6 Å². The van der Waals surface area contributed by atoms with Crippen LogP contribution in [-0.2, 0) is 0 Å². The molecule has 2 nitrogen and oxygen atoms in total. The van der Waals surface area contributed by atoms with E-state index < -0.39 is 12.2 Å². The Kier molecular flexibility index (Phi) is 3.86. The van der Waals surface area contributed by atoms with Crippen molar-refractivity contribution in [1.82, 2.24) is 0 Å². The van der Waals surface area contributed by atoms with Crippen molar-refractivity contribution in [2.45, 2.75) is 12.2 Å². The second-order valence-corrected chi connectivity index (χ2v) is 4.23. The van der Waals surface area contributed by atoms with Crippen molar-refractivity contribution in [3.05, 3.63) is 21.3 Å². The lowest BCUT2D eigenvalue weighted by Crippen LogP contribution is -2.19. The van der Waals surface area contributed by atoms with Crippen LogP contribution < -0.4 is 0 Å². The fraction of sp³-hybridized carbons (Fsp3) is 0.429. The molecule has 0 aliphatic heterocycles. The molecule has 2 N–H and O–H groups in total. The Morgan fingerprint density at radius 3 is 2.67 bits per heavy atom. The number of hydrogen-bond donors (Lipinski definition) is 3. The number of hydrogen-bond acceptors (Lipinski definition) is 4. The SMILES string of the molecule is OC(CS)C(O)c1ccsc1Cl. The molecular weight excluding hydrogens is 216 g/mol. The lowest BCUT2D eigenvalue weighted by molar-refractivity contribution is 0.0341. The van der Waals surface area contributed by atoms with Gasteiger partial charge in [0.1, 0.15) is 6.10 Å². The van der Waals surface area contributed by atoms with Crippen LogP contribution in [0.2, 0.25) is 4.34 Å². The summed E-state index contributed by atoms with van der Waals surface area (Å²) in [5, 5.41) is 20.5. The maximum Gasteiger partial charge on any atom is 0.108 e. The van der Waals surface area contributed by atoms with E-state index in [0.717, 1.165) is 0 Å². The standard InChI is InChI=1S/C7H9ClO2S2/c8-7-4(1-2-12-7)6(10)5(9)3-11/h1-2,5-6,9-11H,3H2. The molecule has 12 heavy (non-hydrogen) atoms. The first-order chi connectivity index (χ1) is 5.66. The van der Waals surface area contributed by atoms with E-state index in [1.165, 1.54) is 11.3 Å². The van der Waals surface area contributed by atoms with Crippen molar-refractivity contribution in [3.63, 3.8) is 0 Å². The molecule has 0 aliphatic carbocycles. The quantitative estimate of drug-likeness (QED) is 0.685. The third-order valence-electron chi connectivity index (χ3n) is 1.52. The van der Waals surface area contributed by atoms with Gasteiger partial charge in [-0.3, -0.25) is 0 Å². The summed E-state index contributed by atoms with van der Waals surface area (Å²) in [4.78, 5) is 0. The minimum Gasteiger partial charge on any atom is -0.389 e. The van der Waals surface area contributed by atoms with E-state index in [2.05, 4.69) is 12.6 Å². The number of aliphatic hydroxyl groups is 2. The van der Waals surface area contributed by atoms with Gasteiger partial charge in [0.25, 0.3) is 0 Å². The summed E-state index contributed by atoms with van der Waals surface area (Å²) >= 11 is 11.0. The van der Waals surface area contributed by atoms with Gasteiger partial charge in [0.15, 0.2) is 0 Å². The Hall–Kier alpha value is 0.260. The topological polar surface area (TPSA) is 40.5 Å². The third kappa shape index (κ3) is 2.14. The summed E-state index contributed by atoms with van der Waals surface area (Å²) in [6.45, 7) is 0. The summed E-state index contributed by atoms with van der Waals surface area (Å²) < 4.78 is 0.517. The van der Waals surface area contributed by atoms with Crippen LogP contribution in [0.3, 0.4) is 0 Å². The molecule has 1 aromatic heterocycles. The van der Waals surface area contributed by atoms with E-state index in [4.69, 9.17) is 11.6 Å². The maximum absolute atomic E-state index is 9.48. The van der Waals surface area contributed by atoms with Crippen LogP contribution in [0.1, 0.15) is 11.7 Å². The number of thiophene rings is 1. The highest BCUT2D eigenvalue weighted by atomic mass is 35.5. The molecule has 1 rings (SSSR count).